The molecule has 6 nitrogen and oxygen atoms in total. The number of methoxy groups -OCH3 is 1. The molecular weight excluding hydrogens is 310 g/mol. The molecule has 0 saturated heterocycles. The van der Waals surface area contributed by atoms with Crippen molar-refractivity contribution in [2.75, 3.05) is 14.2 Å². The van der Waals surface area contributed by atoms with Crippen molar-refractivity contribution in [1.82, 2.24) is 9.29 Å². The number of rotatable bonds is 6. The van der Waals surface area contributed by atoms with Crippen molar-refractivity contribution >= 4 is 21.4 Å². The van der Waals surface area contributed by atoms with E-state index in [1.165, 1.54) is 29.8 Å². The van der Waals surface area contributed by atoms with E-state index in [9.17, 15) is 8.42 Å². The zero-order chi connectivity index (χ0) is 15.5. The first-order valence-electron chi connectivity index (χ1n) is 6.19. The normalized spacial score (nSPS) is 11.8. The Balaban J connectivity index is 2.38. The summed E-state index contributed by atoms with van der Waals surface area (Å²) in [6.45, 7) is 0.476. The van der Waals surface area contributed by atoms with E-state index in [1.807, 2.05) is 5.38 Å². The second kappa shape index (κ2) is 6.52. The molecule has 0 aliphatic rings. The molecule has 114 valence electrons. The van der Waals surface area contributed by atoms with E-state index in [4.69, 9.17) is 10.5 Å². The summed E-state index contributed by atoms with van der Waals surface area (Å²) < 4.78 is 31.8. The minimum atomic E-state index is -3.67. The van der Waals surface area contributed by atoms with Gasteiger partial charge in [-0.3, -0.25) is 0 Å². The molecule has 2 rings (SSSR count). The van der Waals surface area contributed by atoms with Crippen LogP contribution in [0.1, 0.15) is 11.3 Å². The van der Waals surface area contributed by atoms with Crippen LogP contribution in [0.4, 0.5) is 0 Å². The summed E-state index contributed by atoms with van der Waals surface area (Å²) in [5.41, 5.74) is 8.69. The lowest BCUT2D eigenvalue weighted by Crippen LogP contribution is -2.27. The molecule has 21 heavy (non-hydrogen) atoms. The highest BCUT2D eigenvalue weighted by atomic mass is 32.2. The zero-order valence-corrected chi connectivity index (χ0v) is 13.4. The van der Waals surface area contributed by atoms with Gasteiger partial charge in [-0.2, -0.15) is 4.31 Å². The molecule has 0 spiro atoms. The maximum absolute atomic E-state index is 12.7. The standard InChI is InChI=1S/C13H17N3O3S2/c1-16(7-11-8-20-9-15-11)21(17,18)13-5-10(6-14)3-4-12(13)19-2/h3-5,8-9H,6-7,14H2,1-2H3. The molecule has 1 heterocycles. The molecule has 8 heteroatoms. The number of ether oxygens (including phenoxy) is 1. The van der Waals surface area contributed by atoms with E-state index in [1.54, 1.807) is 23.7 Å². The van der Waals surface area contributed by atoms with Gasteiger partial charge in [0.05, 0.1) is 24.9 Å². The Kier molecular flexibility index (Phi) is 4.94. The molecule has 0 bridgehead atoms. The predicted molar refractivity (Wildman–Crippen MR) is 81.7 cm³/mol. The molecule has 0 fully saturated rings. The van der Waals surface area contributed by atoms with Gasteiger partial charge in [-0.25, -0.2) is 13.4 Å². The Labute approximate surface area is 128 Å². The fourth-order valence-corrected chi connectivity index (χ4v) is 3.74. The minimum Gasteiger partial charge on any atom is -0.495 e. The third-order valence-corrected chi connectivity index (χ3v) is 5.48. The number of aromatic nitrogens is 1. The fraction of sp³-hybridized carbons (Fsp3) is 0.308. The van der Waals surface area contributed by atoms with Gasteiger partial charge in [0.2, 0.25) is 10.0 Å². The van der Waals surface area contributed by atoms with E-state index >= 15 is 0 Å². The van der Waals surface area contributed by atoms with Crippen LogP contribution in [0.2, 0.25) is 0 Å². The van der Waals surface area contributed by atoms with E-state index < -0.39 is 10.0 Å². The number of sulfonamides is 1. The highest BCUT2D eigenvalue weighted by Gasteiger charge is 2.25. The minimum absolute atomic E-state index is 0.116. The molecule has 0 saturated carbocycles. The Morgan fingerprint density at radius 1 is 1.43 bits per heavy atom. The van der Waals surface area contributed by atoms with Crippen LogP contribution < -0.4 is 10.5 Å². The van der Waals surface area contributed by atoms with Gasteiger partial charge in [0.1, 0.15) is 10.6 Å². The van der Waals surface area contributed by atoms with Crippen molar-refractivity contribution in [1.29, 1.82) is 0 Å². The van der Waals surface area contributed by atoms with Gasteiger partial charge in [-0.05, 0) is 17.7 Å². The number of benzene rings is 1. The Morgan fingerprint density at radius 2 is 2.19 bits per heavy atom. The summed E-state index contributed by atoms with van der Waals surface area (Å²) >= 11 is 1.43. The molecule has 2 aromatic rings. The van der Waals surface area contributed by atoms with Gasteiger partial charge in [0.25, 0.3) is 0 Å². The van der Waals surface area contributed by atoms with Crippen molar-refractivity contribution in [2.24, 2.45) is 5.73 Å². The van der Waals surface area contributed by atoms with Gasteiger partial charge in [0.15, 0.2) is 0 Å². The molecule has 0 aliphatic heterocycles. The Bertz CT molecular complexity index is 699. The van der Waals surface area contributed by atoms with Crippen molar-refractivity contribution in [3.63, 3.8) is 0 Å². The van der Waals surface area contributed by atoms with Crippen LogP contribution in [-0.4, -0.2) is 31.9 Å². The molecule has 0 atom stereocenters. The molecule has 1 aromatic carbocycles. The maximum Gasteiger partial charge on any atom is 0.246 e. The highest BCUT2D eigenvalue weighted by Crippen LogP contribution is 2.28. The van der Waals surface area contributed by atoms with Crippen molar-refractivity contribution < 1.29 is 13.2 Å². The van der Waals surface area contributed by atoms with E-state index in [2.05, 4.69) is 4.98 Å². The molecule has 1 aromatic heterocycles. The lowest BCUT2D eigenvalue weighted by atomic mass is 10.2. The quantitative estimate of drug-likeness (QED) is 0.867. The fourth-order valence-electron chi connectivity index (χ4n) is 1.85. The number of nitrogens with zero attached hydrogens (tertiary/aromatic N) is 2. The van der Waals surface area contributed by atoms with Crippen LogP contribution in [0, 0.1) is 0 Å². The predicted octanol–water partition coefficient (Wildman–Crippen LogP) is 1.43. The van der Waals surface area contributed by atoms with E-state index in [0.717, 1.165) is 5.56 Å². The van der Waals surface area contributed by atoms with Crippen LogP contribution in [0.5, 0.6) is 5.75 Å². The zero-order valence-electron chi connectivity index (χ0n) is 11.8. The monoisotopic (exact) mass is 327 g/mol. The Hall–Kier alpha value is -1.48. The highest BCUT2D eigenvalue weighted by molar-refractivity contribution is 7.89. The first-order chi connectivity index (χ1) is 9.98. The van der Waals surface area contributed by atoms with E-state index in [0.29, 0.717) is 11.4 Å². The summed E-state index contributed by atoms with van der Waals surface area (Å²) in [5.74, 6) is 0.303. The van der Waals surface area contributed by atoms with Crippen LogP contribution in [0.15, 0.2) is 34.0 Å². The second-order valence-electron chi connectivity index (χ2n) is 4.43. The summed E-state index contributed by atoms with van der Waals surface area (Å²) in [5, 5.41) is 1.82. The van der Waals surface area contributed by atoms with Crippen molar-refractivity contribution in [2.45, 2.75) is 18.0 Å². The van der Waals surface area contributed by atoms with Gasteiger partial charge in [-0.1, -0.05) is 6.07 Å². The third kappa shape index (κ3) is 3.41. The lowest BCUT2D eigenvalue weighted by Gasteiger charge is -2.18. The average Bonchev–Trinajstić information content (AvgIpc) is 2.99. The largest absolute Gasteiger partial charge is 0.495 e. The van der Waals surface area contributed by atoms with Gasteiger partial charge in [0, 0.05) is 19.0 Å². The summed E-state index contributed by atoms with van der Waals surface area (Å²) in [6, 6.07) is 4.91. The molecule has 0 unspecified atom stereocenters. The van der Waals surface area contributed by atoms with E-state index in [-0.39, 0.29) is 18.0 Å². The number of nitrogens with two attached hydrogens (primary N) is 1. The van der Waals surface area contributed by atoms with Crippen LogP contribution >= 0.6 is 11.3 Å². The average molecular weight is 327 g/mol. The van der Waals surface area contributed by atoms with Crippen molar-refractivity contribution in [3.8, 4) is 5.75 Å². The van der Waals surface area contributed by atoms with Gasteiger partial charge < -0.3 is 10.5 Å². The van der Waals surface area contributed by atoms with Gasteiger partial charge in [-0.15, -0.1) is 11.3 Å². The summed E-state index contributed by atoms with van der Waals surface area (Å²) in [6.07, 6.45) is 0. The van der Waals surface area contributed by atoms with Crippen molar-refractivity contribution in [3.05, 3.63) is 40.3 Å². The maximum atomic E-state index is 12.7. The SMILES string of the molecule is COc1ccc(CN)cc1S(=O)(=O)N(C)Cc1cscn1. The number of hydrogen-bond acceptors (Lipinski definition) is 6. The second-order valence-corrected chi connectivity index (χ2v) is 7.16. The lowest BCUT2D eigenvalue weighted by molar-refractivity contribution is 0.397. The first kappa shape index (κ1) is 15.9. The van der Waals surface area contributed by atoms with Crippen LogP contribution in [0.25, 0.3) is 0 Å². The summed E-state index contributed by atoms with van der Waals surface area (Å²) in [7, 11) is -0.715. The van der Waals surface area contributed by atoms with Crippen LogP contribution in [-0.2, 0) is 23.1 Å². The van der Waals surface area contributed by atoms with Gasteiger partial charge >= 0.3 is 0 Å². The molecular formula is C13H17N3O3S2. The summed E-state index contributed by atoms with van der Waals surface area (Å²) in [4.78, 5) is 4.22. The van der Waals surface area contributed by atoms with Crippen LogP contribution in [0.3, 0.4) is 0 Å². The molecule has 0 amide bonds. The molecule has 0 radical (unpaired) electrons. The third-order valence-electron chi connectivity index (χ3n) is 3.02. The first-order valence-corrected chi connectivity index (χ1v) is 8.57. The Morgan fingerprint density at radius 3 is 2.76 bits per heavy atom. The number of thiazole rings is 1. The molecule has 0 aliphatic carbocycles. The topological polar surface area (TPSA) is 85.5 Å². The number of hydrogen-bond donors (Lipinski definition) is 1. The smallest absolute Gasteiger partial charge is 0.246 e. The molecule has 2 N–H and O–H groups in total.